The van der Waals surface area contributed by atoms with Crippen molar-refractivity contribution in [3.63, 3.8) is 0 Å². The van der Waals surface area contributed by atoms with Gasteiger partial charge >= 0.3 is 0 Å². The quantitative estimate of drug-likeness (QED) is 0.656. The zero-order chi connectivity index (χ0) is 7.84. The fourth-order valence-electron chi connectivity index (χ4n) is 1.23. The largest absolute Gasteiger partial charge is 0.324 e. The first-order valence-electron chi connectivity index (χ1n) is 3.91. The molecule has 1 aromatic rings. The van der Waals surface area contributed by atoms with Crippen LogP contribution in [-0.4, -0.2) is 14.8 Å². The van der Waals surface area contributed by atoms with Crippen molar-refractivity contribution in [1.82, 2.24) is 14.8 Å². The van der Waals surface area contributed by atoms with Crippen LogP contribution in [0.3, 0.4) is 0 Å². The highest BCUT2D eigenvalue weighted by atomic mass is 15.3. The maximum Gasteiger partial charge on any atom is 0.164 e. The average Bonchev–Trinajstić information content (AvgIpc) is 2.76. The highest BCUT2D eigenvalue weighted by molar-refractivity contribution is 5.06. The summed E-state index contributed by atoms with van der Waals surface area (Å²) < 4.78 is 1.85. The van der Waals surface area contributed by atoms with Gasteiger partial charge in [-0.15, -0.1) is 0 Å². The van der Waals surface area contributed by atoms with Gasteiger partial charge in [-0.1, -0.05) is 0 Å². The molecule has 2 rings (SSSR count). The first-order valence-corrected chi connectivity index (χ1v) is 3.91. The lowest BCUT2D eigenvalue weighted by Gasteiger charge is -1.92. The molecular formula is C7H12N4. The lowest BCUT2D eigenvalue weighted by molar-refractivity contribution is 0.695. The van der Waals surface area contributed by atoms with E-state index in [1.54, 1.807) is 0 Å². The second-order valence-electron chi connectivity index (χ2n) is 2.99. The molecule has 0 aromatic carbocycles. The van der Waals surface area contributed by atoms with Crippen LogP contribution < -0.4 is 5.73 Å². The molecule has 1 aliphatic carbocycles. The van der Waals surface area contributed by atoms with Gasteiger partial charge in [0.25, 0.3) is 0 Å². The predicted octanol–water partition coefficient (Wildman–Crippen LogP) is 0.151. The Morgan fingerprint density at radius 2 is 2.36 bits per heavy atom. The zero-order valence-electron chi connectivity index (χ0n) is 6.62. The van der Waals surface area contributed by atoms with Crippen molar-refractivity contribution < 1.29 is 0 Å². The van der Waals surface area contributed by atoms with Crippen LogP contribution in [0.4, 0.5) is 0 Å². The van der Waals surface area contributed by atoms with E-state index in [0.29, 0.717) is 12.5 Å². The Bertz CT molecular complexity index is 261. The summed E-state index contributed by atoms with van der Waals surface area (Å²) in [5.41, 5.74) is 5.41. The van der Waals surface area contributed by atoms with E-state index >= 15 is 0 Å². The van der Waals surface area contributed by atoms with Gasteiger partial charge in [-0.05, 0) is 12.8 Å². The highest BCUT2D eigenvalue weighted by Gasteiger charge is 2.28. The Balaban J connectivity index is 2.30. The molecule has 1 heterocycles. The third-order valence-corrected chi connectivity index (χ3v) is 1.97. The number of nitrogens with zero attached hydrogens (tertiary/aromatic N) is 3. The van der Waals surface area contributed by atoms with Crippen LogP contribution in [0.25, 0.3) is 0 Å². The lowest BCUT2D eigenvalue weighted by atomic mass is 10.4. The molecule has 0 radical (unpaired) electrons. The molecule has 0 spiro atoms. The minimum absolute atomic E-state index is 0.445. The van der Waals surface area contributed by atoms with Crippen molar-refractivity contribution in [2.24, 2.45) is 12.8 Å². The molecule has 1 saturated carbocycles. The van der Waals surface area contributed by atoms with Crippen molar-refractivity contribution >= 4 is 0 Å². The van der Waals surface area contributed by atoms with E-state index in [-0.39, 0.29) is 0 Å². The Kier molecular flexibility index (Phi) is 1.42. The first-order chi connectivity index (χ1) is 5.31. The average molecular weight is 152 g/mol. The fraction of sp³-hybridized carbons (Fsp3) is 0.714. The number of aryl methyl sites for hydroxylation is 1. The van der Waals surface area contributed by atoms with Gasteiger partial charge in [0.1, 0.15) is 5.82 Å². The van der Waals surface area contributed by atoms with Gasteiger partial charge < -0.3 is 5.73 Å². The highest BCUT2D eigenvalue weighted by Crippen LogP contribution is 2.38. The van der Waals surface area contributed by atoms with Gasteiger partial charge in [0.15, 0.2) is 5.82 Å². The summed E-state index contributed by atoms with van der Waals surface area (Å²) in [6.45, 7) is 0.445. The molecule has 4 nitrogen and oxygen atoms in total. The monoisotopic (exact) mass is 152 g/mol. The second kappa shape index (κ2) is 2.30. The standard InChI is InChI=1S/C7H12N4/c1-11-7(5-2-3-5)9-6(4-8)10-11/h5H,2-4,8H2,1H3. The van der Waals surface area contributed by atoms with E-state index in [9.17, 15) is 0 Å². The number of hydrogen-bond acceptors (Lipinski definition) is 3. The molecule has 4 heteroatoms. The van der Waals surface area contributed by atoms with E-state index in [0.717, 1.165) is 11.6 Å². The molecule has 0 unspecified atom stereocenters. The second-order valence-corrected chi connectivity index (χ2v) is 2.99. The van der Waals surface area contributed by atoms with E-state index < -0.39 is 0 Å². The number of nitrogens with two attached hydrogens (primary N) is 1. The van der Waals surface area contributed by atoms with Crippen molar-refractivity contribution in [1.29, 1.82) is 0 Å². The summed E-state index contributed by atoms with van der Waals surface area (Å²) in [6, 6.07) is 0. The molecule has 0 bridgehead atoms. The van der Waals surface area contributed by atoms with Gasteiger partial charge in [0, 0.05) is 13.0 Å². The molecular weight excluding hydrogens is 140 g/mol. The van der Waals surface area contributed by atoms with Crippen molar-refractivity contribution in [2.45, 2.75) is 25.3 Å². The van der Waals surface area contributed by atoms with Crippen molar-refractivity contribution in [3.05, 3.63) is 11.6 Å². The normalized spacial score (nSPS) is 17.3. The number of aromatic nitrogens is 3. The van der Waals surface area contributed by atoms with Crippen LogP contribution in [-0.2, 0) is 13.6 Å². The Morgan fingerprint density at radius 1 is 1.64 bits per heavy atom. The van der Waals surface area contributed by atoms with Crippen LogP contribution in [0.1, 0.15) is 30.4 Å². The topological polar surface area (TPSA) is 56.7 Å². The van der Waals surface area contributed by atoms with Gasteiger partial charge in [0.2, 0.25) is 0 Å². The summed E-state index contributed by atoms with van der Waals surface area (Å²) in [4.78, 5) is 4.32. The molecule has 60 valence electrons. The van der Waals surface area contributed by atoms with Crippen LogP contribution in [0.2, 0.25) is 0 Å². The van der Waals surface area contributed by atoms with E-state index in [4.69, 9.17) is 5.73 Å². The minimum Gasteiger partial charge on any atom is -0.324 e. The third-order valence-electron chi connectivity index (χ3n) is 1.97. The van der Waals surface area contributed by atoms with E-state index in [2.05, 4.69) is 10.1 Å². The lowest BCUT2D eigenvalue weighted by Crippen LogP contribution is -1.99. The van der Waals surface area contributed by atoms with Gasteiger partial charge in [-0.25, -0.2) is 4.98 Å². The van der Waals surface area contributed by atoms with Crippen LogP contribution >= 0.6 is 0 Å². The molecule has 0 atom stereocenters. The Hall–Kier alpha value is -0.900. The Labute approximate surface area is 65.4 Å². The molecule has 2 N–H and O–H groups in total. The molecule has 1 aromatic heterocycles. The van der Waals surface area contributed by atoms with E-state index in [1.165, 1.54) is 12.8 Å². The van der Waals surface area contributed by atoms with Crippen LogP contribution in [0.5, 0.6) is 0 Å². The number of rotatable bonds is 2. The summed E-state index contributed by atoms with van der Waals surface area (Å²) in [5, 5.41) is 4.17. The molecule has 1 fully saturated rings. The summed E-state index contributed by atoms with van der Waals surface area (Å²) in [6.07, 6.45) is 2.52. The molecule has 11 heavy (non-hydrogen) atoms. The third kappa shape index (κ3) is 1.14. The number of hydrogen-bond donors (Lipinski definition) is 1. The van der Waals surface area contributed by atoms with Gasteiger partial charge in [-0.2, -0.15) is 5.10 Å². The minimum atomic E-state index is 0.445. The maximum absolute atomic E-state index is 5.41. The van der Waals surface area contributed by atoms with Gasteiger partial charge in [0.05, 0.1) is 6.54 Å². The SMILES string of the molecule is Cn1nc(CN)nc1C1CC1. The zero-order valence-corrected chi connectivity index (χ0v) is 6.62. The molecule has 0 amide bonds. The summed E-state index contributed by atoms with van der Waals surface area (Å²) >= 11 is 0. The summed E-state index contributed by atoms with van der Waals surface area (Å²) in [7, 11) is 1.93. The predicted molar refractivity (Wildman–Crippen MR) is 40.9 cm³/mol. The Morgan fingerprint density at radius 3 is 2.82 bits per heavy atom. The molecule has 0 aliphatic heterocycles. The van der Waals surface area contributed by atoms with Crippen LogP contribution in [0, 0.1) is 0 Å². The molecule has 0 saturated heterocycles. The van der Waals surface area contributed by atoms with Crippen molar-refractivity contribution in [3.8, 4) is 0 Å². The summed E-state index contributed by atoms with van der Waals surface area (Å²) in [5.74, 6) is 2.52. The maximum atomic E-state index is 5.41. The molecule has 1 aliphatic rings. The van der Waals surface area contributed by atoms with E-state index in [1.807, 2.05) is 11.7 Å². The smallest absolute Gasteiger partial charge is 0.164 e. The first kappa shape index (κ1) is 6.79. The fourth-order valence-corrected chi connectivity index (χ4v) is 1.23. The van der Waals surface area contributed by atoms with Gasteiger partial charge in [-0.3, -0.25) is 4.68 Å². The van der Waals surface area contributed by atoms with Crippen LogP contribution in [0.15, 0.2) is 0 Å². The van der Waals surface area contributed by atoms with Crippen molar-refractivity contribution in [2.75, 3.05) is 0 Å².